The smallest absolute Gasteiger partial charge is 0.253 e. The quantitative estimate of drug-likeness (QED) is 0.558. The molecule has 0 saturated carbocycles. The third-order valence-electron chi connectivity index (χ3n) is 6.11. The minimum absolute atomic E-state index is 0.148. The van der Waals surface area contributed by atoms with Crippen molar-refractivity contribution in [1.82, 2.24) is 4.90 Å². The topological polar surface area (TPSA) is 32.3 Å². The van der Waals surface area contributed by atoms with Crippen molar-refractivity contribution in [1.29, 1.82) is 0 Å². The summed E-state index contributed by atoms with van der Waals surface area (Å²) in [7, 11) is 0. The van der Waals surface area contributed by atoms with Gasteiger partial charge in [-0.25, -0.2) is 0 Å². The Bertz CT molecular complexity index is 900. The fraction of sp³-hybridized carbons (Fsp3) is 0.400. The third kappa shape index (κ3) is 3.93. The molecule has 1 aliphatic carbocycles. The minimum atomic E-state index is 0.148. The van der Waals surface area contributed by atoms with Crippen molar-refractivity contribution in [2.45, 2.75) is 45.1 Å². The Labute approximate surface area is 178 Å². The fourth-order valence-electron chi connectivity index (χ4n) is 4.76. The standard InChI is InChI=1S/C25H29ClN2O/c1-3-14-28(15-4-2)25(29)18-10-13-23-22(16-18)20-6-5-7-21(20)24(27-23)17-8-11-19(26)12-9-17/h5-6,8-13,16,20-21,24,27H,3-4,7,14-15H2,1-2H3. The molecule has 0 fully saturated rings. The Morgan fingerprint density at radius 2 is 1.83 bits per heavy atom. The van der Waals surface area contributed by atoms with Crippen molar-refractivity contribution in [2.75, 3.05) is 18.4 Å². The summed E-state index contributed by atoms with van der Waals surface area (Å²) < 4.78 is 0. The Balaban J connectivity index is 1.65. The summed E-state index contributed by atoms with van der Waals surface area (Å²) >= 11 is 6.09. The monoisotopic (exact) mass is 408 g/mol. The van der Waals surface area contributed by atoms with Gasteiger partial charge in [-0.15, -0.1) is 0 Å². The van der Waals surface area contributed by atoms with Gasteiger partial charge in [0.25, 0.3) is 5.91 Å². The average Bonchev–Trinajstić information content (AvgIpc) is 3.23. The molecule has 1 amide bonds. The van der Waals surface area contributed by atoms with Gasteiger partial charge in [0.2, 0.25) is 0 Å². The van der Waals surface area contributed by atoms with Gasteiger partial charge in [-0.05, 0) is 66.6 Å². The molecule has 1 heterocycles. The number of amides is 1. The van der Waals surface area contributed by atoms with Crippen LogP contribution in [0.2, 0.25) is 5.02 Å². The Morgan fingerprint density at radius 3 is 2.52 bits per heavy atom. The zero-order valence-electron chi connectivity index (χ0n) is 17.2. The van der Waals surface area contributed by atoms with Gasteiger partial charge in [0.15, 0.2) is 0 Å². The number of halogens is 1. The van der Waals surface area contributed by atoms with Crippen molar-refractivity contribution in [3.63, 3.8) is 0 Å². The van der Waals surface area contributed by atoms with Crippen LogP contribution in [-0.4, -0.2) is 23.9 Å². The third-order valence-corrected chi connectivity index (χ3v) is 6.37. The van der Waals surface area contributed by atoms with Crippen LogP contribution < -0.4 is 5.32 Å². The number of carbonyl (C=O) groups is 1. The predicted molar refractivity (Wildman–Crippen MR) is 121 cm³/mol. The largest absolute Gasteiger partial charge is 0.378 e. The molecule has 0 bridgehead atoms. The molecule has 0 saturated heterocycles. The van der Waals surface area contributed by atoms with Crippen LogP contribution in [0.15, 0.2) is 54.6 Å². The summed E-state index contributed by atoms with van der Waals surface area (Å²) in [6, 6.07) is 14.6. The van der Waals surface area contributed by atoms with E-state index < -0.39 is 0 Å². The number of fused-ring (bicyclic) bond motifs is 3. The lowest BCUT2D eigenvalue weighted by Crippen LogP contribution is -2.33. The number of carbonyl (C=O) groups excluding carboxylic acids is 1. The summed E-state index contributed by atoms with van der Waals surface area (Å²) in [6.45, 7) is 5.87. The molecule has 3 atom stereocenters. The van der Waals surface area contributed by atoms with Gasteiger partial charge in [-0.3, -0.25) is 4.79 Å². The van der Waals surface area contributed by atoms with E-state index in [-0.39, 0.29) is 11.9 Å². The molecule has 29 heavy (non-hydrogen) atoms. The van der Waals surface area contributed by atoms with Gasteiger partial charge in [0.05, 0.1) is 6.04 Å². The first kappa shape index (κ1) is 20.0. The molecule has 1 aliphatic heterocycles. The number of benzene rings is 2. The molecule has 4 heteroatoms. The van der Waals surface area contributed by atoms with E-state index in [1.165, 1.54) is 11.1 Å². The lowest BCUT2D eigenvalue weighted by Gasteiger charge is -2.38. The summed E-state index contributed by atoms with van der Waals surface area (Å²) in [5, 5.41) is 4.50. The second kappa shape index (κ2) is 8.62. The molecule has 2 aromatic carbocycles. The van der Waals surface area contributed by atoms with Gasteiger partial charge < -0.3 is 10.2 Å². The van der Waals surface area contributed by atoms with Crippen LogP contribution in [0.4, 0.5) is 5.69 Å². The molecular weight excluding hydrogens is 380 g/mol. The van der Waals surface area contributed by atoms with E-state index in [1.807, 2.05) is 23.1 Å². The first-order valence-corrected chi connectivity index (χ1v) is 11.1. The van der Waals surface area contributed by atoms with E-state index in [2.05, 4.69) is 55.6 Å². The van der Waals surface area contributed by atoms with Crippen molar-refractivity contribution < 1.29 is 4.79 Å². The number of hydrogen-bond donors (Lipinski definition) is 1. The van der Waals surface area contributed by atoms with Crippen LogP contribution in [-0.2, 0) is 0 Å². The highest BCUT2D eigenvalue weighted by Gasteiger charge is 2.38. The molecule has 3 unspecified atom stereocenters. The number of nitrogens with one attached hydrogen (secondary N) is 1. The van der Waals surface area contributed by atoms with Crippen LogP contribution >= 0.6 is 11.6 Å². The molecule has 2 aromatic rings. The zero-order valence-corrected chi connectivity index (χ0v) is 18.0. The summed E-state index contributed by atoms with van der Waals surface area (Å²) in [6.07, 6.45) is 7.60. The van der Waals surface area contributed by atoms with Crippen LogP contribution in [0, 0.1) is 5.92 Å². The minimum Gasteiger partial charge on any atom is -0.378 e. The summed E-state index contributed by atoms with van der Waals surface area (Å²) in [5.41, 5.74) is 4.44. The lowest BCUT2D eigenvalue weighted by molar-refractivity contribution is 0.0755. The molecule has 0 aromatic heterocycles. The molecule has 0 radical (unpaired) electrons. The molecule has 1 N–H and O–H groups in total. The number of allylic oxidation sites excluding steroid dienone is 2. The van der Waals surface area contributed by atoms with Crippen LogP contribution in [0.3, 0.4) is 0 Å². The highest BCUT2D eigenvalue weighted by atomic mass is 35.5. The molecule has 3 nitrogen and oxygen atoms in total. The average molecular weight is 409 g/mol. The highest BCUT2D eigenvalue weighted by Crippen LogP contribution is 2.50. The molecule has 2 aliphatic rings. The van der Waals surface area contributed by atoms with Crippen LogP contribution in [0.1, 0.15) is 66.6 Å². The Kier molecular flexibility index (Phi) is 5.96. The molecule has 152 valence electrons. The van der Waals surface area contributed by atoms with Gasteiger partial charge >= 0.3 is 0 Å². The highest BCUT2D eigenvalue weighted by molar-refractivity contribution is 6.30. The molecule has 0 spiro atoms. The van der Waals surface area contributed by atoms with E-state index in [4.69, 9.17) is 11.6 Å². The van der Waals surface area contributed by atoms with Crippen molar-refractivity contribution >= 4 is 23.2 Å². The van der Waals surface area contributed by atoms with Crippen molar-refractivity contribution in [2.24, 2.45) is 5.92 Å². The van der Waals surface area contributed by atoms with E-state index in [0.29, 0.717) is 11.8 Å². The normalized spacial score (nSPS) is 22.0. The molecular formula is C25H29ClN2O. The summed E-state index contributed by atoms with van der Waals surface area (Å²) in [4.78, 5) is 15.1. The predicted octanol–water partition coefficient (Wildman–Crippen LogP) is 6.43. The Morgan fingerprint density at radius 1 is 1.10 bits per heavy atom. The van der Waals surface area contributed by atoms with Gasteiger partial charge in [-0.1, -0.05) is 49.7 Å². The maximum atomic E-state index is 13.1. The maximum Gasteiger partial charge on any atom is 0.253 e. The van der Waals surface area contributed by atoms with E-state index >= 15 is 0 Å². The first-order chi connectivity index (χ1) is 14.1. The van der Waals surface area contributed by atoms with Crippen molar-refractivity contribution in [3.05, 3.63) is 76.3 Å². The maximum absolute atomic E-state index is 13.1. The van der Waals surface area contributed by atoms with E-state index in [1.54, 1.807) is 0 Å². The molecule has 4 rings (SSSR count). The number of hydrogen-bond acceptors (Lipinski definition) is 2. The van der Waals surface area contributed by atoms with Gasteiger partial charge in [-0.2, -0.15) is 0 Å². The SMILES string of the molecule is CCCN(CCC)C(=O)c1ccc2c(c1)C1C=CCC1C(c1ccc(Cl)cc1)N2. The van der Waals surface area contributed by atoms with Crippen LogP contribution in [0.25, 0.3) is 0 Å². The lowest BCUT2D eigenvalue weighted by atomic mass is 9.76. The summed E-state index contributed by atoms with van der Waals surface area (Å²) in [5.74, 6) is 0.941. The zero-order chi connectivity index (χ0) is 20.4. The number of rotatable bonds is 6. The van der Waals surface area contributed by atoms with Crippen LogP contribution in [0.5, 0.6) is 0 Å². The Hall–Kier alpha value is -2.26. The van der Waals surface area contributed by atoms with E-state index in [9.17, 15) is 4.79 Å². The van der Waals surface area contributed by atoms with Crippen molar-refractivity contribution in [3.8, 4) is 0 Å². The van der Waals surface area contributed by atoms with Gasteiger partial charge in [0.1, 0.15) is 0 Å². The second-order valence-corrected chi connectivity index (χ2v) is 8.56. The van der Waals surface area contributed by atoms with E-state index in [0.717, 1.165) is 48.6 Å². The first-order valence-electron chi connectivity index (χ1n) is 10.7. The second-order valence-electron chi connectivity index (χ2n) is 8.12. The van der Waals surface area contributed by atoms with Gasteiger partial charge in [0, 0.05) is 35.3 Å². The number of nitrogens with zero attached hydrogens (tertiary/aromatic N) is 1. The number of anilines is 1. The fourth-order valence-corrected chi connectivity index (χ4v) is 4.89.